The first kappa shape index (κ1) is 28.0. The van der Waals surface area contributed by atoms with Gasteiger partial charge in [-0.2, -0.15) is 0 Å². The van der Waals surface area contributed by atoms with Crippen molar-refractivity contribution in [1.29, 1.82) is 0 Å². The normalized spacial score (nSPS) is 17.6. The van der Waals surface area contributed by atoms with Gasteiger partial charge in [-0.3, -0.25) is 0 Å². The number of benzene rings is 2. The van der Waals surface area contributed by atoms with Crippen molar-refractivity contribution in [3.8, 4) is 28.7 Å². The Kier molecular flexibility index (Phi) is 10.4. The van der Waals surface area contributed by atoms with Crippen LogP contribution < -0.4 is 10.5 Å². The van der Waals surface area contributed by atoms with Crippen LogP contribution in [0.1, 0.15) is 52.0 Å². The number of hydrogen-bond acceptors (Lipinski definition) is 6. The topological polar surface area (TPSA) is 80.3 Å². The van der Waals surface area contributed by atoms with Crippen molar-refractivity contribution in [3.63, 3.8) is 0 Å². The molecule has 1 atom stereocenters. The van der Waals surface area contributed by atoms with Gasteiger partial charge in [-0.1, -0.05) is 19.9 Å². The molecule has 0 aliphatic carbocycles. The summed E-state index contributed by atoms with van der Waals surface area (Å²) in [6, 6.07) is 6.13. The van der Waals surface area contributed by atoms with E-state index in [1.54, 1.807) is 19.2 Å². The van der Waals surface area contributed by atoms with Gasteiger partial charge in [0.1, 0.15) is 11.6 Å². The van der Waals surface area contributed by atoms with Crippen LogP contribution in [0.3, 0.4) is 0 Å². The minimum absolute atomic E-state index is 0.190. The predicted octanol–water partition coefficient (Wildman–Crippen LogP) is 5.10. The molecular weight excluding hydrogens is 459 g/mol. The highest BCUT2D eigenvalue weighted by Crippen LogP contribution is 2.45. The lowest BCUT2D eigenvalue weighted by atomic mass is 9.92. The summed E-state index contributed by atoms with van der Waals surface area (Å²) in [5.41, 5.74) is 5.33. The number of guanidine groups is 1. The molecule has 6 nitrogen and oxygen atoms in total. The minimum atomic E-state index is -1.25. The Labute approximate surface area is 204 Å². The van der Waals surface area contributed by atoms with Gasteiger partial charge in [0.05, 0.1) is 12.2 Å². The first-order valence-electron chi connectivity index (χ1n) is 11.5. The molecule has 4 rings (SSSR count). The zero-order valence-corrected chi connectivity index (χ0v) is 20.5. The van der Waals surface area contributed by atoms with Crippen LogP contribution in [0.15, 0.2) is 35.3 Å². The van der Waals surface area contributed by atoms with Gasteiger partial charge in [-0.15, -0.1) is 11.8 Å². The lowest BCUT2D eigenvalue weighted by Crippen LogP contribution is -2.35. The average Bonchev–Trinajstić information content (AvgIpc) is 3.14. The molecule has 2 aliphatic rings. The van der Waals surface area contributed by atoms with Crippen LogP contribution in [0.5, 0.6) is 5.75 Å². The van der Waals surface area contributed by atoms with E-state index in [-0.39, 0.29) is 17.1 Å². The number of rotatable bonds is 4. The second kappa shape index (κ2) is 13.0. The summed E-state index contributed by atoms with van der Waals surface area (Å²) in [4.78, 5) is 10.2. The van der Waals surface area contributed by atoms with Gasteiger partial charge in [0.15, 0.2) is 11.6 Å². The SMILES string of the molecule is CC.CC#CCCCCO.CN1O[C@]2(CCOc3ccc(-c4cc(F)cc(F)c4F)cc32)N=C1N. The molecule has 3 N–H and O–H groups in total. The molecule has 1 spiro atoms. The highest BCUT2D eigenvalue weighted by Gasteiger charge is 2.45. The van der Waals surface area contributed by atoms with Crippen LogP contribution >= 0.6 is 0 Å². The maximum Gasteiger partial charge on any atom is 0.221 e. The molecule has 0 radical (unpaired) electrons. The number of hydrogen-bond donors (Lipinski definition) is 2. The number of unbranched alkanes of at least 4 members (excludes halogenated alkanes) is 2. The van der Waals surface area contributed by atoms with Crippen molar-refractivity contribution >= 4 is 5.96 Å². The summed E-state index contributed by atoms with van der Waals surface area (Å²) >= 11 is 0. The average molecular weight is 492 g/mol. The number of aliphatic imine (C=N–C) groups is 1. The van der Waals surface area contributed by atoms with Gasteiger partial charge >= 0.3 is 0 Å². The molecule has 0 aromatic heterocycles. The van der Waals surface area contributed by atoms with Gasteiger partial charge in [0, 0.05) is 38.1 Å². The van der Waals surface area contributed by atoms with E-state index in [9.17, 15) is 13.2 Å². The molecule has 0 saturated carbocycles. The van der Waals surface area contributed by atoms with Crippen molar-refractivity contribution in [1.82, 2.24) is 5.06 Å². The Morgan fingerprint density at radius 3 is 2.54 bits per heavy atom. The summed E-state index contributed by atoms with van der Waals surface area (Å²) in [6.07, 6.45) is 3.23. The van der Waals surface area contributed by atoms with Crippen LogP contribution in [0.2, 0.25) is 0 Å². The van der Waals surface area contributed by atoms with Crippen molar-refractivity contribution in [2.75, 3.05) is 20.3 Å². The molecule has 35 heavy (non-hydrogen) atoms. The summed E-state index contributed by atoms with van der Waals surface area (Å²) in [6.45, 7) is 6.49. The molecule has 2 aliphatic heterocycles. The quantitative estimate of drug-likeness (QED) is 0.354. The molecular formula is C26H32F3N3O3. The number of ether oxygens (including phenoxy) is 1. The largest absolute Gasteiger partial charge is 0.493 e. The summed E-state index contributed by atoms with van der Waals surface area (Å²) < 4.78 is 46.8. The van der Waals surface area contributed by atoms with Gasteiger partial charge in [-0.05, 0) is 43.5 Å². The summed E-state index contributed by atoms with van der Waals surface area (Å²) in [7, 11) is 1.62. The van der Waals surface area contributed by atoms with Crippen LogP contribution in [0.25, 0.3) is 11.1 Å². The molecule has 0 fully saturated rings. The molecule has 0 bridgehead atoms. The Morgan fingerprint density at radius 1 is 1.17 bits per heavy atom. The van der Waals surface area contributed by atoms with Gasteiger partial charge in [0.2, 0.25) is 11.7 Å². The standard InChI is InChI=1S/C17H14F3N3O2.C7H12O.C2H6/c1-23-16(21)22-17(25-23)4-5-24-14-3-2-9(6-12(14)17)11-7-10(18)8-13(19)15(11)20;1-2-3-4-5-6-7-8;1-2/h2-3,6-8H,4-5H2,1H3,(H2,21,22);8H,4-7H2,1H3;1-2H3/t17-;;/m0../s1. The van der Waals surface area contributed by atoms with Gasteiger partial charge in [-0.25, -0.2) is 28.1 Å². The van der Waals surface area contributed by atoms with Crippen LogP contribution in [0.4, 0.5) is 13.2 Å². The molecule has 9 heteroatoms. The third kappa shape index (κ3) is 6.68. The number of aliphatic hydroxyl groups is 1. The van der Waals surface area contributed by atoms with E-state index in [0.717, 1.165) is 25.3 Å². The Hall–Kier alpha value is -3.22. The van der Waals surface area contributed by atoms with Crippen molar-refractivity contribution in [2.45, 2.75) is 52.2 Å². The maximum absolute atomic E-state index is 14.1. The lowest BCUT2D eigenvalue weighted by molar-refractivity contribution is -0.183. The fourth-order valence-electron chi connectivity index (χ4n) is 3.54. The molecule has 2 aromatic carbocycles. The molecule has 0 saturated heterocycles. The number of fused-ring (bicyclic) bond motifs is 2. The number of nitrogens with two attached hydrogens (primary N) is 1. The van der Waals surface area contributed by atoms with E-state index >= 15 is 0 Å². The minimum Gasteiger partial charge on any atom is -0.493 e. The van der Waals surface area contributed by atoms with E-state index in [4.69, 9.17) is 20.4 Å². The van der Waals surface area contributed by atoms with E-state index < -0.39 is 23.2 Å². The fourth-order valence-corrected chi connectivity index (χ4v) is 3.54. The van der Waals surface area contributed by atoms with E-state index in [1.165, 1.54) is 11.1 Å². The number of aliphatic hydroxyl groups excluding tert-OH is 1. The Morgan fingerprint density at radius 2 is 1.91 bits per heavy atom. The molecule has 0 unspecified atom stereocenters. The second-order valence-corrected chi connectivity index (χ2v) is 7.51. The van der Waals surface area contributed by atoms with Crippen molar-refractivity contribution in [2.24, 2.45) is 10.7 Å². The summed E-state index contributed by atoms with van der Waals surface area (Å²) in [5.74, 6) is 3.17. The number of nitrogens with zero attached hydrogens (tertiary/aromatic N) is 2. The maximum atomic E-state index is 14.1. The van der Waals surface area contributed by atoms with Crippen LogP contribution in [0, 0.1) is 29.3 Å². The van der Waals surface area contributed by atoms with E-state index in [2.05, 4.69) is 16.8 Å². The zero-order valence-electron chi connectivity index (χ0n) is 20.5. The van der Waals surface area contributed by atoms with E-state index in [0.29, 0.717) is 37.0 Å². The molecule has 2 heterocycles. The van der Waals surface area contributed by atoms with Crippen molar-refractivity contribution < 1.29 is 27.9 Å². The van der Waals surface area contributed by atoms with Crippen LogP contribution in [-0.2, 0) is 10.6 Å². The fraction of sp³-hybridized carbons (Fsp3) is 0.423. The molecule has 2 aromatic rings. The number of halogens is 3. The Bertz CT molecular complexity index is 1100. The monoisotopic (exact) mass is 491 g/mol. The molecule has 190 valence electrons. The lowest BCUT2D eigenvalue weighted by Gasteiger charge is -2.32. The molecule has 0 amide bonds. The third-order valence-corrected chi connectivity index (χ3v) is 5.20. The van der Waals surface area contributed by atoms with E-state index in [1.807, 2.05) is 20.8 Å². The highest BCUT2D eigenvalue weighted by molar-refractivity contribution is 5.79. The zero-order chi connectivity index (χ0) is 26.0. The van der Waals surface area contributed by atoms with Gasteiger partial charge in [0.25, 0.3) is 0 Å². The van der Waals surface area contributed by atoms with Crippen LogP contribution in [-0.4, -0.2) is 36.4 Å². The first-order chi connectivity index (χ1) is 16.8. The first-order valence-corrected chi connectivity index (χ1v) is 11.5. The Balaban J connectivity index is 0.000000371. The second-order valence-electron chi connectivity index (χ2n) is 7.51. The summed E-state index contributed by atoms with van der Waals surface area (Å²) in [5, 5.41) is 9.65. The van der Waals surface area contributed by atoms with Crippen molar-refractivity contribution in [3.05, 3.63) is 53.3 Å². The van der Waals surface area contributed by atoms with Gasteiger partial charge < -0.3 is 15.6 Å². The predicted molar refractivity (Wildman–Crippen MR) is 130 cm³/mol. The third-order valence-electron chi connectivity index (χ3n) is 5.20. The smallest absolute Gasteiger partial charge is 0.221 e. The highest BCUT2D eigenvalue weighted by atomic mass is 19.2. The number of hydroxylamine groups is 2.